The number of rotatable bonds is 10. The molecule has 4 nitrogen and oxygen atoms in total. The summed E-state index contributed by atoms with van der Waals surface area (Å²) in [6.45, 7) is 3.08. The molecule has 1 unspecified atom stereocenters. The Morgan fingerprint density at radius 2 is 2.00 bits per heavy atom. The first-order chi connectivity index (χ1) is 7.85. The number of hydrogen-bond acceptors (Lipinski definition) is 3. The van der Waals surface area contributed by atoms with Crippen molar-refractivity contribution in [2.24, 2.45) is 0 Å². The van der Waals surface area contributed by atoms with Gasteiger partial charge in [0.2, 0.25) is 0 Å². The first-order valence-electron chi connectivity index (χ1n) is 5.41. The van der Waals surface area contributed by atoms with Gasteiger partial charge < -0.3 is 5.73 Å². The van der Waals surface area contributed by atoms with Crippen molar-refractivity contribution in [3.8, 4) is 9.55 Å². The van der Waals surface area contributed by atoms with Gasteiger partial charge in [0.1, 0.15) is 0 Å². The Bertz CT molecular complexity index is 205. The number of ether oxygens (including phenoxy) is 2. The minimum absolute atomic E-state index is 0. The maximum absolute atomic E-state index is 7.19. The molecule has 0 saturated carbocycles. The molecule has 0 rings (SSSR count). The molecule has 0 heterocycles. The van der Waals surface area contributed by atoms with Gasteiger partial charge in [-0.3, -0.25) is 0 Å². The SMILES string of the molecule is CNC(C[NH-])COCCCOCCC#C[At].[Pt]. The van der Waals surface area contributed by atoms with Crippen LogP contribution in [0, 0.1) is 34.3 Å². The van der Waals surface area contributed by atoms with E-state index in [0.29, 0.717) is 26.4 Å². The largest absolute Gasteiger partial charge is 0 e. The molecule has 0 aromatic heterocycles. The van der Waals surface area contributed by atoms with Gasteiger partial charge in [0, 0.05) is 21.1 Å². The van der Waals surface area contributed by atoms with Crippen LogP contribution in [0.15, 0.2) is 0 Å². The number of hydrogen-bond donors (Lipinski definition) is 1. The van der Waals surface area contributed by atoms with E-state index in [0.717, 1.165) is 19.4 Å². The zero-order valence-electron chi connectivity index (χ0n) is 10.0. The van der Waals surface area contributed by atoms with E-state index in [1.54, 1.807) is 0 Å². The maximum Gasteiger partial charge on any atom is 0 e. The fourth-order valence-electron chi connectivity index (χ4n) is 1.01. The smallest absolute Gasteiger partial charge is 0 e. The molecular formula is C11H20AtN2O2Pt-. The summed E-state index contributed by atoms with van der Waals surface area (Å²) in [6.07, 6.45) is 1.72. The molecule has 0 saturated heterocycles. The second kappa shape index (κ2) is 17.0. The molecule has 0 aliphatic rings. The summed E-state index contributed by atoms with van der Waals surface area (Å²) in [4.78, 5) is 0. The van der Waals surface area contributed by atoms with E-state index in [2.05, 4.69) is 14.9 Å². The van der Waals surface area contributed by atoms with Crippen LogP contribution in [0.2, 0.25) is 0 Å². The van der Waals surface area contributed by atoms with Crippen LogP contribution in [-0.4, -0.2) is 46.1 Å². The number of nitrogens with one attached hydrogen (secondary N) is 2. The summed E-state index contributed by atoms with van der Waals surface area (Å²) in [5.41, 5.74) is 7.19. The van der Waals surface area contributed by atoms with E-state index in [4.69, 9.17) is 15.2 Å². The minimum atomic E-state index is 0. The molecule has 1 atom stereocenters. The van der Waals surface area contributed by atoms with Crippen molar-refractivity contribution in [1.29, 1.82) is 0 Å². The van der Waals surface area contributed by atoms with Gasteiger partial charge in [0.05, 0.1) is 0 Å². The van der Waals surface area contributed by atoms with Crippen LogP contribution in [0.3, 0.4) is 0 Å². The van der Waals surface area contributed by atoms with Crippen LogP contribution in [0.25, 0.3) is 5.73 Å². The van der Waals surface area contributed by atoms with Gasteiger partial charge in [0.25, 0.3) is 0 Å². The van der Waals surface area contributed by atoms with Gasteiger partial charge >= 0.3 is 101 Å². The van der Waals surface area contributed by atoms with Gasteiger partial charge in [-0.2, -0.15) is 0 Å². The van der Waals surface area contributed by atoms with E-state index in [-0.39, 0.29) is 27.1 Å². The van der Waals surface area contributed by atoms with Gasteiger partial charge in [-0.25, -0.2) is 0 Å². The first-order valence-corrected chi connectivity index (χ1v) is 6.88. The van der Waals surface area contributed by atoms with E-state index < -0.39 is 0 Å². The topological polar surface area (TPSA) is 54.3 Å². The van der Waals surface area contributed by atoms with Crippen molar-refractivity contribution < 1.29 is 55.3 Å². The Morgan fingerprint density at radius 1 is 1.29 bits per heavy atom. The van der Waals surface area contributed by atoms with Crippen molar-refractivity contribution in [2.75, 3.05) is 40.0 Å². The molecule has 0 spiro atoms. The Kier molecular flexibility index (Phi) is 20.3. The Hall–Kier alpha value is 0.971. The van der Waals surface area contributed by atoms with Crippen LogP contribution in [-0.2, 0) is 30.5 Å². The summed E-state index contributed by atoms with van der Waals surface area (Å²) < 4.78 is 13.7. The van der Waals surface area contributed by atoms with Gasteiger partial charge in [-0.05, 0) is 7.05 Å². The average Bonchev–Trinajstić information content (AvgIpc) is 2.32. The normalized spacial score (nSPS) is 11.2. The fraction of sp³-hybridized carbons (Fsp3) is 0.818. The molecule has 0 aromatic carbocycles. The van der Waals surface area contributed by atoms with Crippen LogP contribution < -0.4 is 5.32 Å². The van der Waals surface area contributed by atoms with Crippen molar-refractivity contribution in [3.63, 3.8) is 0 Å². The first kappa shape index (κ1) is 20.3. The van der Waals surface area contributed by atoms with Crippen molar-refractivity contribution >= 4 is 0 Å². The predicted molar refractivity (Wildman–Crippen MR) is 60.7 cm³/mol. The molecule has 0 aliphatic heterocycles. The van der Waals surface area contributed by atoms with E-state index in [9.17, 15) is 0 Å². The molecule has 0 aromatic rings. The summed E-state index contributed by atoms with van der Waals surface area (Å²) in [6, 6.07) is 0.141. The molecule has 17 heavy (non-hydrogen) atoms. The number of likely N-dealkylation sites (N-methyl/N-ethyl adjacent to an activating group) is 1. The third-order valence-corrected chi connectivity index (χ3v) is 2.51. The summed E-state index contributed by atoms with van der Waals surface area (Å²) >= 11 is 1.48. The summed E-state index contributed by atoms with van der Waals surface area (Å²) in [5.74, 6) is 2.97. The van der Waals surface area contributed by atoms with Crippen LogP contribution >= 0.6 is 0 Å². The molecule has 0 fully saturated rings. The Balaban J connectivity index is 0. The average molecular weight is 617 g/mol. The van der Waals surface area contributed by atoms with Gasteiger partial charge in [-0.1, -0.05) is 0 Å². The second-order valence-electron chi connectivity index (χ2n) is 3.25. The molecule has 0 aliphatic carbocycles. The van der Waals surface area contributed by atoms with E-state index in [1.807, 2.05) is 7.05 Å². The van der Waals surface area contributed by atoms with E-state index in [1.165, 1.54) is 24.7 Å². The second-order valence-corrected chi connectivity index (χ2v) is 3.99. The molecule has 0 amide bonds. The van der Waals surface area contributed by atoms with Crippen LogP contribution in [0.5, 0.6) is 0 Å². The molecule has 0 bridgehead atoms. The molecule has 6 heteroatoms. The monoisotopic (exact) mass is 617 g/mol. The standard InChI is InChI=1S/C11H20AtN2O2.Pt/c1-14-11(9-13)10-16-8-4-7-15-6-3-2-5-12;/h11,13-14H,3-4,6-10H2,1H3;/q-1;. The Morgan fingerprint density at radius 3 is 2.59 bits per heavy atom. The molecule has 0 radical (unpaired) electrons. The molecule has 104 valence electrons. The van der Waals surface area contributed by atoms with Crippen LogP contribution in [0.1, 0.15) is 12.8 Å². The summed E-state index contributed by atoms with van der Waals surface area (Å²) in [7, 11) is 1.85. The van der Waals surface area contributed by atoms with Gasteiger partial charge in [0.15, 0.2) is 0 Å². The minimum Gasteiger partial charge on any atom is 0 e. The zero-order chi connectivity index (χ0) is 12.1. The van der Waals surface area contributed by atoms with Crippen molar-refractivity contribution in [1.82, 2.24) is 5.32 Å². The van der Waals surface area contributed by atoms with E-state index >= 15 is 0 Å². The van der Waals surface area contributed by atoms with Crippen molar-refractivity contribution in [3.05, 3.63) is 5.73 Å². The molecular weight excluding hydrogens is 597 g/mol. The third kappa shape index (κ3) is 14.9. The predicted octanol–water partition coefficient (Wildman–Crippen LogP) is 0.948. The quantitative estimate of drug-likeness (QED) is 0.294. The van der Waals surface area contributed by atoms with Crippen molar-refractivity contribution in [2.45, 2.75) is 18.9 Å². The zero-order valence-corrected chi connectivity index (χ0v) is 15.2. The fourth-order valence-corrected chi connectivity index (χ4v) is 1.37. The maximum atomic E-state index is 7.19. The van der Waals surface area contributed by atoms with Crippen LogP contribution in [0.4, 0.5) is 0 Å². The van der Waals surface area contributed by atoms with Gasteiger partial charge in [-0.15, -0.1) is 0 Å². The molecule has 2 N–H and O–H groups in total. The summed E-state index contributed by atoms with van der Waals surface area (Å²) in [5, 5.41) is 3.02. The Labute approximate surface area is 134 Å². The third-order valence-electron chi connectivity index (χ3n) is 1.99.